The molecule has 1 aliphatic heterocycles. The first-order chi connectivity index (χ1) is 8.95. The van der Waals surface area contributed by atoms with Crippen LogP contribution in [0.4, 0.5) is 0 Å². The summed E-state index contributed by atoms with van der Waals surface area (Å²) >= 11 is 0. The third kappa shape index (κ3) is 4.35. The first-order valence-corrected chi connectivity index (χ1v) is 6.32. The lowest BCUT2D eigenvalue weighted by molar-refractivity contribution is -0.146. The zero-order valence-electron chi connectivity index (χ0n) is 11.5. The summed E-state index contributed by atoms with van der Waals surface area (Å²) in [4.78, 5) is 35.0. The van der Waals surface area contributed by atoms with Crippen molar-refractivity contribution in [2.24, 2.45) is 0 Å². The van der Waals surface area contributed by atoms with Gasteiger partial charge in [-0.25, -0.2) is 0 Å². The van der Waals surface area contributed by atoms with Gasteiger partial charge < -0.3 is 4.74 Å². The Morgan fingerprint density at radius 2 is 2.11 bits per heavy atom. The van der Waals surface area contributed by atoms with Crippen LogP contribution in [0.15, 0.2) is 23.8 Å². The summed E-state index contributed by atoms with van der Waals surface area (Å²) in [5, 5.41) is 0. The first kappa shape index (κ1) is 15.1. The van der Waals surface area contributed by atoms with Crippen molar-refractivity contribution in [3.8, 4) is 0 Å². The second-order valence-corrected chi connectivity index (χ2v) is 4.43. The summed E-state index contributed by atoms with van der Waals surface area (Å²) in [6, 6.07) is 0. The van der Waals surface area contributed by atoms with Crippen molar-refractivity contribution in [2.75, 3.05) is 6.54 Å². The molecule has 0 aromatic rings. The Hall–Kier alpha value is -1.91. The normalized spacial score (nSPS) is 17.0. The fourth-order valence-electron chi connectivity index (χ4n) is 1.77. The van der Waals surface area contributed by atoms with E-state index in [0.29, 0.717) is 12.0 Å². The Morgan fingerprint density at radius 1 is 1.42 bits per heavy atom. The van der Waals surface area contributed by atoms with Crippen LogP contribution in [-0.4, -0.2) is 35.3 Å². The fourth-order valence-corrected chi connectivity index (χ4v) is 1.77. The van der Waals surface area contributed by atoms with Gasteiger partial charge in [0.25, 0.3) is 11.8 Å². The van der Waals surface area contributed by atoms with E-state index < -0.39 is 0 Å². The maximum absolute atomic E-state index is 11.6. The van der Waals surface area contributed by atoms with Gasteiger partial charge in [0, 0.05) is 31.5 Å². The maximum atomic E-state index is 11.6. The Balaban J connectivity index is 2.40. The highest BCUT2D eigenvalue weighted by Crippen LogP contribution is 2.12. The maximum Gasteiger partial charge on any atom is 0.302 e. The first-order valence-electron chi connectivity index (χ1n) is 6.32. The molecule has 1 heterocycles. The molecule has 19 heavy (non-hydrogen) atoms. The van der Waals surface area contributed by atoms with Crippen LogP contribution in [0.2, 0.25) is 0 Å². The van der Waals surface area contributed by atoms with E-state index in [-0.39, 0.29) is 30.4 Å². The van der Waals surface area contributed by atoms with Crippen molar-refractivity contribution in [3.63, 3.8) is 0 Å². The molecule has 1 aliphatic rings. The lowest BCUT2D eigenvalue weighted by atomic mass is 10.2. The van der Waals surface area contributed by atoms with E-state index in [2.05, 4.69) is 0 Å². The predicted octanol–water partition coefficient (Wildman–Crippen LogP) is 1.59. The minimum Gasteiger partial charge on any atom is -0.462 e. The van der Waals surface area contributed by atoms with Crippen LogP contribution in [-0.2, 0) is 19.1 Å². The van der Waals surface area contributed by atoms with Crippen molar-refractivity contribution in [1.82, 2.24) is 4.90 Å². The minimum absolute atomic E-state index is 0.154. The van der Waals surface area contributed by atoms with Crippen molar-refractivity contribution < 1.29 is 19.1 Å². The Labute approximate surface area is 112 Å². The molecule has 0 aromatic carbocycles. The van der Waals surface area contributed by atoms with Gasteiger partial charge in [-0.15, -0.1) is 0 Å². The van der Waals surface area contributed by atoms with E-state index in [9.17, 15) is 14.4 Å². The van der Waals surface area contributed by atoms with Crippen molar-refractivity contribution >= 4 is 17.8 Å². The Morgan fingerprint density at radius 3 is 2.58 bits per heavy atom. The fraction of sp³-hybridized carbons (Fsp3) is 0.500. The number of ether oxygens (including phenoxy) is 1. The highest BCUT2D eigenvalue weighted by Gasteiger charge is 2.26. The molecular formula is C14H19NO4. The molecule has 1 rings (SSSR count). The standard InChI is InChI=1S/C14H19NO4/c1-4-12(19-11(3)16)7-5-6-8-15-13(17)9-10(2)14(15)18/h5-6,9,12H,4,7-8H2,1-3H3/b6-5-. The van der Waals surface area contributed by atoms with Crippen LogP contribution in [0, 0.1) is 0 Å². The molecule has 0 spiro atoms. The second kappa shape index (κ2) is 6.87. The van der Waals surface area contributed by atoms with Gasteiger partial charge in [-0.1, -0.05) is 19.1 Å². The van der Waals surface area contributed by atoms with E-state index in [0.717, 1.165) is 6.42 Å². The Kier molecular flexibility index (Phi) is 5.48. The smallest absolute Gasteiger partial charge is 0.302 e. The lowest BCUT2D eigenvalue weighted by Crippen LogP contribution is -2.30. The summed E-state index contributed by atoms with van der Waals surface area (Å²) in [7, 11) is 0. The highest BCUT2D eigenvalue weighted by molar-refractivity contribution is 6.15. The molecular weight excluding hydrogens is 246 g/mol. The Bertz CT molecular complexity index is 437. The van der Waals surface area contributed by atoms with Gasteiger partial charge in [0.2, 0.25) is 0 Å². The summed E-state index contributed by atoms with van der Waals surface area (Å²) in [5.41, 5.74) is 0.463. The number of hydrogen-bond acceptors (Lipinski definition) is 4. The van der Waals surface area contributed by atoms with Crippen LogP contribution in [0.25, 0.3) is 0 Å². The summed E-state index contributed by atoms with van der Waals surface area (Å²) in [6.07, 6.45) is 6.06. The SMILES string of the molecule is CCC(C/C=C\CN1C(=O)C=C(C)C1=O)OC(C)=O. The topological polar surface area (TPSA) is 63.7 Å². The summed E-state index contributed by atoms with van der Waals surface area (Å²) in [6.45, 7) is 5.18. The van der Waals surface area contributed by atoms with Gasteiger partial charge in [-0.05, 0) is 13.3 Å². The highest BCUT2D eigenvalue weighted by atomic mass is 16.5. The van der Waals surface area contributed by atoms with Crippen LogP contribution < -0.4 is 0 Å². The van der Waals surface area contributed by atoms with Gasteiger partial charge in [0.15, 0.2) is 0 Å². The monoisotopic (exact) mass is 265 g/mol. The molecule has 104 valence electrons. The third-order valence-electron chi connectivity index (χ3n) is 2.83. The van der Waals surface area contributed by atoms with E-state index >= 15 is 0 Å². The second-order valence-electron chi connectivity index (χ2n) is 4.43. The molecule has 5 nitrogen and oxygen atoms in total. The summed E-state index contributed by atoms with van der Waals surface area (Å²) < 4.78 is 5.08. The average molecular weight is 265 g/mol. The lowest BCUT2D eigenvalue weighted by Gasteiger charge is -2.13. The molecule has 0 radical (unpaired) electrons. The van der Waals surface area contributed by atoms with Gasteiger partial charge >= 0.3 is 5.97 Å². The molecule has 2 amide bonds. The third-order valence-corrected chi connectivity index (χ3v) is 2.83. The number of nitrogens with zero attached hydrogens (tertiary/aromatic N) is 1. The predicted molar refractivity (Wildman–Crippen MR) is 70.1 cm³/mol. The van der Waals surface area contributed by atoms with E-state index in [1.807, 2.05) is 13.0 Å². The molecule has 0 aliphatic carbocycles. The zero-order chi connectivity index (χ0) is 14.4. The van der Waals surface area contributed by atoms with Gasteiger partial charge in [0.1, 0.15) is 6.10 Å². The van der Waals surface area contributed by atoms with E-state index in [1.165, 1.54) is 17.9 Å². The zero-order valence-corrected chi connectivity index (χ0v) is 11.5. The van der Waals surface area contributed by atoms with Crippen LogP contribution in [0.3, 0.4) is 0 Å². The van der Waals surface area contributed by atoms with Crippen molar-refractivity contribution in [1.29, 1.82) is 0 Å². The number of rotatable bonds is 6. The molecule has 0 saturated carbocycles. The van der Waals surface area contributed by atoms with Crippen LogP contribution in [0.5, 0.6) is 0 Å². The molecule has 0 N–H and O–H groups in total. The quantitative estimate of drug-likeness (QED) is 0.415. The molecule has 5 heteroatoms. The van der Waals surface area contributed by atoms with Crippen molar-refractivity contribution in [3.05, 3.63) is 23.8 Å². The molecule has 0 fully saturated rings. The number of esters is 1. The molecule has 0 aromatic heterocycles. The minimum atomic E-state index is -0.301. The van der Waals surface area contributed by atoms with E-state index in [4.69, 9.17) is 4.74 Å². The molecule has 1 unspecified atom stereocenters. The van der Waals surface area contributed by atoms with Gasteiger partial charge in [-0.2, -0.15) is 0 Å². The molecule has 0 bridgehead atoms. The van der Waals surface area contributed by atoms with Crippen LogP contribution in [0.1, 0.15) is 33.6 Å². The summed E-state index contributed by atoms with van der Waals surface area (Å²) in [5.74, 6) is -0.828. The largest absolute Gasteiger partial charge is 0.462 e. The van der Waals surface area contributed by atoms with Gasteiger partial charge in [-0.3, -0.25) is 19.3 Å². The van der Waals surface area contributed by atoms with Crippen LogP contribution >= 0.6 is 0 Å². The molecule has 0 saturated heterocycles. The average Bonchev–Trinajstić information content (AvgIpc) is 2.58. The van der Waals surface area contributed by atoms with Gasteiger partial charge in [0.05, 0.1) is 0 Å². The number of amides is 2. The number of carbonyl (C=O) groups excluding carboxylic acids is 3. The number of hydrogen-bond donors (Lipinski definition) is 0. The van der Waals surface area contributed by atoms with Crippen molar-refractivity contribution in [2.45, 2.75) is 39.7 Å². The number of imide groups is 1. The number of carbonyl (C=O) groups is 3. The molecule has 1 atom stereocenters. The van der Waals surface area contributed by atoms with E-state index in [1.54, 1.807) is 13.0 Å².